The standard InChI is InChI=1S/C13H22N2O4S/c1-2-8-20(18,19)9-7-15-6-5-11(16)14-12(13(15)17)10-3-4-10/h10,12H,2-9H2,1H3,(H,14,16). The molecule has 0 aromatic heterocycles. The van der Waals surface area contributed by atoms with Gasteiger partial charge in [-0.2, -0.15) is 0 Å². The molecule has 2 aliphatic rings. The average Bonchev–Trinajstić information content (AvgIpc) is 3.18. The first-order valence-corrected chi connectivity index (χ1v) is 9.03. The molecule has 2 rings (SSSR count). The molecular weight excluding hydrogens is 280 g/mol. The van der Waals surface area contributed by atoms with Gasteiger partial charge in [0.15, 0.2) is 9.84 Å². The van der Waals surface area contributed by atoms with Gasteiger partial charge in [0, 0.05) is 25.3 Å². The highest BCUT2D eigenvalue weighted by Crippen LogP contribution is 2.34. The molecular formula is C13H22N2O4S. The maximum atomic E-state index is 12.4. The minimum Gasteiger partial charge on any atom is -0.344 e. The molecule has 2 fully saturated rings. The Morgan fingerprint density at radius 2 is 1.95 bits per heavy atom. The number of rotatable bonds is 6. The summed E-state index contributed by atoms with van der Waals surface area (Å²) in [7, 11) is -3.10. The Hall–Kier alpha value is -1.11. The molecule has 1 unspecified atom stereocenters. The molecule has 1 saturated carbocycles. The van der Waals surface area contributed by atoms with Gasteiger partial charge < -0.3 is 10.2 Å². The van der Waals surface area contributed by atoms with Gasteiger partial charge in [-0.25, -0.2) is 8.42 Å². The Labute approximate surface area is 119 Å². The predicted molar refractivity (Wildman–Crippen MR) is 74.8 cm³/mol. The van der Waals surface area contributed by atoms with Crippen LogP contribution in [-0.4, -0.2) is 55.8 Å². The summed E-state index contributed by atoms with van der Waals surface area (Å²) >= 11 is 0. The Bertz CT molecular complexity index is 485. The largest absolute Gasteiger partial charge is 0.344 e. The van der Waals surface area contributed by atoms with Crippen molar-refractivity contribution in [2.45, 2.75) is 38.6 Å². The van der Waals surface area contributed by atoms with Gasteiger partial charge in [0.2, 0.25) is 11.8 Å². The molecule has 7 heteroatoms. The predicted octanol–water partition coefficient (Wildman–Crippen LogP) is -0.0617. The summed E-state index contributed by atoms with van der Waals surface area (Å²) in [5.74, 6) is 0.134. The van der Waals surface area contributed by atoms with Crippen LogP contribution in [0.15, 0.2) is 0 Å². The number of nitrogens with zero attached hydrogens (tertiary/aromatic N) is 1. The summed E-state index contributed by atoms with van der Waals surface area (Å²) in [6, 6.07) is -0.445. The maximum Gasteiger partial charge on any atom is 0.245 e. The van der Waals surface area contributed by atoms with Crippen LogP contribution in [0.25, 0.3) is 0 Å². The number of carbonyl (C=O) groups excluding carboxylic acids is 2. The Morgan fingerprint density at radius 1 is 1.25 bits per heavy atom. The van der Waals surface area contributed by atoms with Crippen molar-refractivity contribution in [1.82, 2.24) is 10.2 Å². The number of nitrogens with one attached hydrogen (secondary N) is 1. The zero-order valence-corrected chi connectivity index (χ0v) is 12.6. The van der Waals surface area contributed by atoms with Crippen LogP contribution in [-0.2, 0) is 19.4 Å². The summed E-state index contributed by atoms with van der Waals surface area (Å²) in [5.41, 5.74) is 0. The minimum atomic E-state index is -3.10. The van der Waals surface area contributed by atoms with Crippen molar-refractivity contribution in [2.24, 2.45) is 5.92 Å². The van der Waals surface area contributed by atoms with Crippen LogP contribution in [0, 0.1) is 5.92 Å². The zero-order chi connectivity index (χ0) is 14.8. The number of hydrogen-bond acceptors (Lipinski definition) is 4. The van der Waals surface area contributed by atoms with Crippen LogP contribution >= 0.6 is 0 Å². The van der Waals surface area contributed by atoms with E-state index in [4.69, 9.17) is 0 Å². The lowest BCUT2D eigenvalue weighted by Crippen LogP contribution is -2.47. The number of hydrogen-bond donors (Lipinski definition) is 1. The van der Waals surface area contributed by atoms with Crippen molar-refractivity contribution >= 4 is 21.7 Å². The van der Waals surface area contributed by atoms with Gasteiger partial charge in [-0.1, -0.05) is 6.92 Å². The second kappa shape index (κ2) is 6.11. The molecule has 1 saturated heterocycles. The van der Waals surface area contributed by atoms with Gasteiger partial charge >= 0.3 is 0 Å². The molecule has 1 heterocycles. The normalized spacial score (nSPS) is 24.4. The molecule has 20 heavy (non-hydrogen) atoms. The fraction of sp³-hybridized carbons (Fsp3) is 0.846. The Morgan fingerprint density at radius 3 is 2.55 bits per heavy atom. The van der Waals surface area contributed by atoms with Crippen molar-refractivity contribution in [1.29, 1.82) is 0 Å². The quantitative estimate of drug-likeness (QED) is 0.745. The van der Waals surface area contributed by atoms with Gasteiger partial charge in [0.05, 0.1) is 5.75 Å². The molecule has 0 aromatic rings. The van der Waals surface area contributed by atoms with Crippen molar-refractivity contribution in [3.63, 3.8) is 0 Å². The first kappa shape index (κ1) is 15.3. The molecule has 1 atom stereocenters. The van der Waals surface area contributed by atoms with Crippen molar-refractivity contribution in [3.05, 3.63) is 0 Å². The Balaban J connectivity index is 1.98. The molecule has 1 N–H and O–H groups in total. The zero-order valence-electron chi connectivity index (χ0n) is 11.8. The van der Waals surface area contributed by atoms with Crippen molar-refractivity contribution < 1.29 is 18.0 Å². The Kier molecular flexibility index (Phi) is 4.67. The molecule has 1 aliphatic heterocycles. The lowest BCUT2D eigenvalue weighted by molar-refractivity contribution is -0.133. The first-order valence-electron chi connectivity index (χ1n) is 7.21. The van der Waals surface area contributed by atoms with Crippen LogP contribution in [0.3, 0.4) is 0 Å². The van der Waals surface area contributed by atoms with Gasteiger partial charge in [-0.3, -0.25) is 9.59 Å². The van der Waals surface area contributed by atoms with E-state index in [9.17, 15) is 18.0 Å². The topological polar surface area (TPSA) is 83.6 Å². The van der Waals surface area contributed by atoms with E-state index in [-0.39, 0.29) is 42.2 Å². The monoisotopic (exact) mass is 302 g/mol. The maximum absolute atomic E-state index is 12.4. The fourth-order valence-electron chi connectivity index (χ4n) is 2.48. The lowest BCUT2D eigenvalue weighted by Gasteiger charge is -2.23. The van der Waals surface area contributed by atoms with Crippen LogP contribution in [0.1, 0.15) is 32.6 Å². The molecule has 0 radical (unpaired) electrons. The third-order valence-electron chi connectivity index (χ3n) is 3.78. The molecule has 1 aliphatic carbocycles. The summed E-state index contributed by atoms with van der Waals surface area (Å²) in [6.45, 7) is 2.33. The van der Waals surface area contributed by atoms with Crippen LogP contribution in [0.5, 0.6) is 0 Å². The molecule has 0 spiro atoms. The molecule has 114 valence electrons. The first-order chi connectivity index (χ1) is 9.43. The molecule has 2 amide bonds. The summed E-state index contributed by atoms with van der Waals surface area (Å²) in [4.78, 5) is 25.5. The van der Waals surface area contributed by atoms with E-state index < -0.39 is 15.9 Å². The molecule has 6 nitrogen and oxygen atoms in total. The SMILES string of the molecule is CCCS(=O)(=O)CCN1CCC(=O)NC(C2CC2)C1=O. The van der Waals surface area contributed by atoms with Gasteiger partial charge in [0.25, 0.3) is 0 Å². The van der Waals surface area contributed by atoms with E-state index in [0.717, 1.165) is 12.8 Å². The van der Waals surface area contributed by atoms with Crippen LogP contribution in [0.4, 0.5) is 0 Å². The third kappa shape index (κ3) is 3.94. The van der Waals surface area contributed by atoms with Crippen molar-refractivity contribution in [2.75, 3.05) is 24.6 Å². The summed E-state index contributed by atoms with van der Waals surface area (Å²) in [6.07, 6.45) is 2.75. The minimum absolute atomic E-state index is 0.0157. The highest BCUT2D eigenvalue weighted by atomic mass is 32.2. The number of carbonyl (C=O) groups is 2. The average molecular weight is 302 g/mol. The third-order valence-corrected chi connectivity index (χ3v) is 5.62. The fourth-order valence-corrected chi connectivity index (χ4v) is 3.81. The van der Waals surface area contributed by atoms with Gasteiger partial charge in [-0.15, -0.1) is 0 Å². The second-order valence-corrected chi connectivity index (χ2v) is 7.91. The van der Waals surface area contributed by atoms with E-state index >= 15 is 0 Å². The highest BCUT2D eigenvalue weighted by molar-refractivity contribution is 7.91. The van der Waals surface area contributed by atoms with Gasteiger partial charge in [-0.05, 0) is 25.2 Å². The highest BCUT2D eigenvalue weighted by Gasteiger charge is 2.40. The number of amides is 2. The second-order valence-electron chi connectivity index (χ2n) is 5.61. The van der Waals surface area contributed by atoms with Crippen LogP contribution in [0.2, 0.25) is 0 Å². The lowest BCUT2D eigenvalue weighted by atomic mass is 10.1. The van der Waals surface area contributed by atoms with Crippen molar-refractivity contribution in [3.8, 4) is 0 Å². The van der Waals surface area contributed by atoms with Gasteiger partial charge in [0.1, 0.15) is 6.04 Å². The van der Waals surface area contributed by atoms with Crippen LogP contribution < -0.4 is 5.32 Å². The van der Waals surface area contributed by atoms with E-state index in [1.54, 1.807) is 0 Å². The summed E-state index contributed by atoms with van der Waals surface area (Å²) < 4.78 is 23.5. The van der Waals surface area contributed by atoms with E-state index in [0.29, 0.717) is 13.0 Å². The smallest absolute Gasteiger partial charge is 0.245 e. The summed E-state index contributed by atoms with van der Waals surface area (Å²) in [5, 5.41) is 2.76. The van der Waals surface area contributed by atoms with E-state index in [1.807, 2.05) is 6.92 Å². The molecule has 0 aromatic carbocycles. The van der Waals surface area contributed by atoms with E-state index in [1.165, 1.54) is 4.90 Å². The molecule has 0 bridgehead atoms. The number of sulfone groups is 1. The van der Waals surface area contributed by atoms with E-state index in [2.05, 4.69) is 5.32 Å².